The molecule has 0 heterocycles. The number of phosphoric ester groups is 1. The van der Waals surface area contributed by atoms with E-state index in [9.17, 15) is 19.0 Å². The highest BCUT2D eigenvalue weighted by atomic mass is 31.2. The molecule has 0 aliphatic heterocycles. The zero-order chi connectivity index (χ0) is 39.6. The minimum Gasteiger partial charge on any atom is -0.462 e. The van der Waals surface area contributed by atoms with Crippen molar-refractivity contribution in [3.63, 3.8) is 0 Å². The summed E-state index contributed by atoms with van der Waals surface area (Å²) in [5.74, 6) is -0.781. The van der Waals surface area contributed by atoms with Crippen LogP contribution in [0.4, 0.5) is 0 Å². The third kappa shape index (κ3) is 40.7. The molecule has 0 spiro atoms. The molecule has 0 saturated heterocycles. The lowest BCUT2D eigenvalue weighted by atomic mass is 10.0. The Morgan fingerprint density at radius 2 is 0.722 bits per heavy atom. The maximum Gasteiger partial charge on any atom is 0.472 e. The fraction of sp³-hybridized carbons (Fsp3) is 0.956. The number of carbonyl (C=O) groups is 2. The van der Waals surface area contributed by atoms with Gasteiger partial charge in [-0.2, -0.15) is 0 Å². The zero-order valence-electron chi connectivity index (χ0n) is 35.9. The van der Waals surface area contributed by atoms with Crippen LogP contribution < -0.4 is 0 Å². The van der Waals surface area contributed by atoms with Gasteiger partial charge in [-0.3, -0.25) is 18.6 Å². The van der Waals surface area contributed by atoms with Crippen molar-refractivity contribution in [1.29, 1.82) is 0 Å². The van der Waals surface area contributed by atoms with Gasteiger partial charge in [-0.05, 0) is 19.8 Å². The van der Waals surface area contributed by atoms with E-state index in [1.807, 2.05) is 0 Å². The van der Waals surface area contributed by atoms with Gasteiger partial charge in [0.05, 0.1) is 13.2 Å². The summed E-state index contributed by atoms with van der Waals surface area (Å²) in [5.41, 5.74) is 0. The van der Waals surface area contributed by atoms with Crippen LogP contribution in [0.15, 0.2) is 0 Å². The van der Waals surface area contributed by atoms with Gasteiger partial charge in [0.2, 0.25) is 0 Å². The van der Waals surface area contributed by atoms with Gasteiger partial charge in [-0.1, -0.05) is 219 Å². The number of rotatable bonds is 44. The average Bonchev–Trinajstić information content (AvgIpc) is 3.15. The van der Waals surface area contributed by atoms with Crippen molar-refractivity contribution in [2.45, 2.75) is 258 Å². The monoisotopic (exact) mass is 789 g/mol. The fourth-order valence-corrected chi connectivity index (χ4v) is 7.74. The van der Waals surface area contributed by atoms with E-state index in [2.05, 4.69) is 13.8 Å². The first kappa shape index (κ1) is 53.0. The van der Waals surface area contributed by atoms with E-state index in [1.54, 1.807) is 6.92 Å². The summed E-state index contributed by atoms with van der Waals surface area (Å²) in [7, 11) is -4.27. The second-order valence-electron chi connectivity index (χ2n) is 15.8. The summed E-state index contributed by atoms with van der Waals surface area (Å²) in [6.07, 6.45) is 43.1. The van der Waals surface area contributed by atoms with E-state index in [0.29, 0.717) is 6.42 Å². The third-order valence-electron chi connectivity index (χ3n) is 10.4. The van der Waals surface area contributed by atoms with Gasteiger partial charge >= 0.3 is 19.8 Å². The van der Waals surface area contributed by atoms with Crippen LogP contribution in [0.3, 0.4) is 0 Å². The van der Waals surface area contributed by atoms with Crippen molar-refractivity contribution < 1.29 is 37.6 Å². The van der Waals surface area contributed by atoms with Crippen LogP contribution in [0.25, 0.3) is 0 Å². The molecule has 0 radical (unpaired) electrons. The molecule has 0 aromatic rings. The number of unbranched alkanes of at least 4 members (excludes halogenated alkanes) is 32. The van der Waals surface area contributed by atoms with Crippen LogP contribution in [-0.4, -0.2) is 42.8 Å². The molecule has 2 atom stereocenters. The average molecular weight is 789 g/mol. The summed E-state index contributed by atoms with van der Waals surface area (Å²) in [5, 5.41) is 0. The summed E-state index contributed by atoms with van der Waals surface area (Å²) in [4.78, 5) is 34.7. The van der Waals surface area contributed by atoms with Crippen LogP contribution in [0.5, 0.6) is 0 Å². The lowest BCUT2D eigenvalue weighted by molar-refractivity contribution is -0.161. The van der Waals surface area contributed by atoms with Gasteiger partial charge in [-0.25, -0.2) is 4.57 Å². The Hall–Kier alpha value is -0.950. The molecular weight excluding hydrogens is 699 g/mol. The first-order valence-electron chi connectivity index (χ1n) is 23.3. The summed E-state index contributed by atoms with van der Waals surface area (Å²) >= 11 is 0. The molecule has 0 aliphatic rings. The van der Waals surface area contributed by atoms with E-state index in [1.165, 1.54) is 180 Å². The van der Waals surface area contributed by atoms with E-state index in [0.717, 1.165) is 38.5 Å². The maximum atomic E-state index is 12.6. The Morgan fingerprint density at radius 1 is 0.426 bits per heavy atom. The smallest absolute Gasteiger partial charge is 0.462 e. The van der Waals surface area contributed by atoms with Crippen molar-refractivity contribution in [2.24, 2.45) is 0 Å². The van der Waals surface area contributed by atoms with Crippen LogP contribution in [-0.2, 0) is 32.7 Å². The van der Waals surface area contributed by atoms with E-state index < -0.39 is 19.9 Å². The number of ether oxygens (including phenoxy) is 2. The van der Waals surface area contributed by atoms with Crippen molar-refractivity contribution in [3.8, 4) is 0 Å². The second kappa shape index (κ2) is 41.7. The lowest BCUT2D eigenvalue weighted by Gasteiger charge is -2.19. The molecule has 54 heavy (non-hydrogen) atoms. The molecule has 9 heteroatoms. The van der Waals surface area contributed by atoms with Crippen molar-refractivity contribution >= 4 is 19.8 Å². The van der Waals surface area contributed by atoms with E-state index >= 15 is 0 Å². The normalized spacial score (nSPS) is 13.2. The predicted molar refractivity (Wildman–Crippen MR) is 226 cm³/mol. The highest BCUT2D eigenvalue weighted by Crippen LogP contribution is 2.43. The minimum atomic E-state index is -4.27. The van der Waals surface area contributed by atoms with Gasteiger partial charge in [0, 0.05) is 12.8 Å². The molecule has 0 bridgehead atoms. The molecule has 2 unspecified atom stereocenters. The number of carbonyl (C=O) groups excluding carboxylic acids is 2. The number of esters is 2. The SMILES string of the molecule is CCCCCCCCCCCCCCCCCCCCCCCCCC(=O)OC(COC(=O)CCCCCCCCCCCCC)COP(=O)(O)OCC. The number of phosphoric acid groups is 1. The Morgan fingerprint density at radius 3 is 1.04 bits per heavy atom. The highest BCUT2D eigenvalue weighted by Gasteiger charge is 2.25. The molecular formula is C45H89O8P. The summed E-state index contributed by atoms with van der Waals surface area (Å²) in [6, 6.07) is 0. The molecule has 0 aliphatic carbocycles. The van der Waals surface area contributed by atoms with Gasteiger partial charge in [0.25, 0.3) is 0 Å². The van der Waals surface area contributed by atoms with Crippen LogP contribution in [0.1, 0.15) is 252 Å². The van der Waals surface area contributed by atoms with Gasteiger partial charge in [-0.15, -0.1) is 0 Å². The van der Waals surface area contributed by atoms with Gasteiger partial charge in [0.15, 0.2) is 6.10 Å². The lowest BCUT2D eigenvalue weighted by Crippen LogP contribution is -2.29. The Kier molecular flexibility index (Phi) is 40.9. The molecule has 0 aromatic heterocycles. The van der Waals surface area contributed by atoms with E-state index in [-0.39, 0.29) is 32.2 Å². The van der Waals surface area contributed by atoms with Crippen molar-refractivity contribution in [3.05, 3.63) is 0 Å². The Balaban J connectivity index is 3.90. The first-order chi connectivity index (χ1) is 26.3. The Bertz CT molecular complexity index is 854. The molecule has 8 nitrogen and oxygen atoms in total. The van der Waals surface area contributed by atoms with Crippen LogP contribution >= 0.6 is 7.82 Å². The van der Waals surface area contributed by atoms with Crippen molar-refractivity contribution in [2.75, 3.05) is 19.8 Å². The van der Waals surface area contributed by atoms with Crippen molar-refractivity contribution in [1.82, 2.24) is 0 Å². The predicted octanol–water partition coefficient (Wildman–Crippen LogP) is 14.7. The van der Waals surface area contributed by atoms with Crippen LogP contribution in [0, 0.1) is 0 Å². The molecule has 0 saturated carbocycles. The Labute approximate surface area is 334 Å². The summed E-state index contributed by atoms with van der Waals surface area (Å²) in [6.45, 7) is 5.52. The highest BCUT2D eigenvalue weighted by molar-refractivity contribution is 7.47. The summed E-state index contributed by atoms with van der Waals surface area (Å²) < 4.78 is 32.7. The van der Waals surface area contributed by atoms with Crippen LogP contribution in [0.2, 0.25) is 0 Å². The molecule has 322 valence electrons. The zero-order valence-corrected chi connectivity index (χ0v) is 36.8. The topological polar surface area (TPSA) is 108 Å². The largest absolute Gasteiger partial charge is 0.472 e. The fourth-order valence-electron chi connectivity index (χ4n) is 6.99. The van der Waals surface area contributed by atoms with Gasteiger partial charge < -0.3 is 14.4 Å². The molecule has 0 amide bonds. The van der Waals surface area contributed by atoms with Gasteiger partial charge in [0.1, 0.15) is 6.61 Å². The maximum absolute atomic E-state index is 12.6. The standard InChI is InChI=1S/C45H89O8P/c1-4-7-9-11-13-15-17-18-19-20-21-22-23-24-25-26-27-28-30-32-34-36-38-40-45(47)53-43(42-52-54(48,49)51-6-3)41-50-44(46)39-37-35-33-31-29-16-14-12-10-8-5-2/h43H,4-42H2,1-3H3,(H,48,49). The van der Waals surface area contributed by atoms with E-state index in [4.69, 9.17) is 18.5 Å². The quantitative estimate of drug-likeness (QED) is 0.0369. The minimum absolute atomic E-state index is 0.00567. The third-order valence-corrected chi connectivity index (χ3v) is 11.5. The number of hydrogen-bond acceptors (Lipinski definition) is 7. The molecule has 1 N–H and O–H groups in total. The second-order valence-corrected chi connectivity index (χ2v) is 17.2. The molecule has 0 rings (SSSR count). The molecule has 0 fully saturated rings. The first-order valence-corrected chi connectivity index (χ1v) is 24.8. The number of hydrogen-bond donors (Lipinski definition) is 1. The molecule has 0 aromatic carbocycles.